The molecule has 140 valence electrons. The number of halogens is 1. The summed E-state index contributed by atoms with van der Waals surface area (Å²) in [4.78, 5) is 29.2. The number of hydrogen-bond donors (Lipinski definition) is 1. The molecule has 2 aromatic carbocycles. The van der Waals surface area contributed by atoms with Gasteiger partial charge in [-0.15, -0.1) is 0 Å². The van der Waals surface area contributed by atoms with Gasteiger partial charge in [-0.3, -0.25) is 14.5 Å². The molecule has 0 spiro atoms. The number of benzene rings is 2. The van der Waals surface area contributed by atoms with Gasteiger partial charge in [0.2, 0.25) is 0 Å². The molecule has 2 aromatic rings. The molecule has 1 N–H and O–H groups in total. The molecular weight excluding hydrogens is 366 g/mol. The van der Waals surface area contributed by atoms with Crippen molar-refractivity contribution in [1.82, 2.24) is 5.32 Å². The van der Waals surface area contributed by atoms with Crippen LogP contribution in [0.15, 0.2) is 60.3 Å². The SMILES string of the molecule is COCCN/C=C1\C(=O)N(C)c2c(Cl)cccc2N(c2ccccc2)C1=O. The molecule has 1 aliphatic rings. The normalized spacial score (nSPS) is 15.7. The van der Waals surface area contributed by atoms with Crippen molar-refractivity contribution < 1.29 is 14.3 Å². The van der Waals surface area contributed by atoms with Crippen molar-refractivity contribution in [2.75, 3.05) is 37.1 Å². The quantitative estimate of drug-likeness (QED) is 0.488. The molecule has 27 heavy (non-hydrogen) atoms. The third-order valence-electron chi connectivity index (χ3n) is 4.22. The topological polar surface area (TPSA) is 61.9 Å². The lowest BCUT2D eigenvalue weighted by atomic mass is 10.2. The van der Waals surface area contributed by atoms with Gasteiger partial charge in [-0.25, -0.2) is 0 Å². The van der Waals surface area contributed by atoms with Gasteiger partial charge in [0.1, 0.15) is 5.57 Å². The maximum absolute atomic E-state index is 13.3. The first-order chi connectivity index (χ1) is 13.1. The number of rotatable bonds is 5. The fourth-order valence-electron chi connectivity index (χ4n) is 2.91. The molecule has 0 atom stereocenters. The smallest absolute Gasteiger partial charge is 0.270 e. The first kappa shape index (κ1) is 18.9. The number of ether oxygens (including phenoxy) is 1. The number of carbonyl (C=O) groups excluding carboxylic acids is 2. The zero-order valence-electron chi connectivity index (χ0n) is 15.1. The van der Waals surface area contributed by atoms with Crippen molar-refractivity contribution in [2.24, 2.45) is 0 Å². The fourth-order valence-corrected chi connectivity index (χ4v) is 3.21. The minimum Gasteiger partial charge on any atom is -0.388 e. The number of carbonyl (C=O) groups is 2. The Balaban J connectivity index is 2.15. The summed E-state index contributed by atoms with van der Waals surface area (Å²) in [6.07, 6.45) is 1.44. The van der Waals surface area contributed by atoms with Gasteiger partial charge in [0.25, 0.3) is 11.8 Å². The van der Waals surface area contributed by atoms with Gasteiger partial charge in [-0.2, -0.15) is 0 Å². The van der Waals surface area contributed by atoms with Gasteiger partial charge in [0, 0.05) is 32.6 Å². The third-order valence-corrected chi connectivity index (χ3v) is 4.53. The van der Waals surface area contributed by atoms with Gasteiger partial charge in [0.15, 0.2) is 0 Å². The number of nitrogens with zero attached hydrogens (tertiary/aromatic N) is 2. The highest BCUT2D eigenvalue weighted by Crippen LogP contribution is 2.42. The number of amides is 2. The van der Waals surface area contributed by atoms with Gasteiger partial charge in [0.05, 0.1) is 23.0 Å². The van der Waals surface area contributed by atoms with E-state index < -0.39 is 11.8 Å². The first-order valence-corrected chi connectivity index (χ1v) is 8.82. The molecule has 2 amide bonds. The molecule has 0 aliphatic carbocycles. The number of fused-ring (bicyclic) bond motifs is 1. The number of methoxy groups -OCH3 is 1. The summed E-state index contributed by atoms with van der Waals surface area (Å²) in [5.74, 6) is -0.860. The van der Waals surface area contributed by atoms with Crippen LogP contribution in [0.3, 0.4) is 0 Å². The molecule has 1 aliphatic heterocycles. The number of likely N-dealkylation sites (N-methyl/N-ethyl adjacent to an activating group) is 1. The lowest BCUT2D eigenvalue weighted by molar-refractivity contribution is -0.120. The van der Waals surface area contributed by atoms with Crippen LogP contribution >= 0.6 is 11.6 Å². The molecule has 0 radical (unpaired) electrons. The molecule has 0 unspecified atom stereocenters. The zero-order chi connectivity index (χ0) is 19.4. The van der Waals surface area contributed by atoms with Crippen LogP contribution in [0.4, 0.5) is 17.1 Å². The van der Waals surface area contributed by atoms with Gasteiger partial charge in [-0.05, 0) is 24.3 Å². The molecule has 0 saturated heterocycles. The Hall–Kier alpha value is -2.83. The predicted molar refractivity (Wildman–Crippen MR) is 106 cm³/mol. The summed E-state index contributed by atoms with van der Waals surface area (Å²) >= 11 is 6.39. The van der Waals surface area contributed by atoms with Gasteiger partial charge < -0.3 is 15.0 Å². The van der Waals surface area contributed by atoms with E-state index in [0.717, 1.165) is 0 Å². The van der Waals surface area contributed by atoms with E-state index in [2.05, 4.69) is 5.32 Å². The monoisotopic (exact) mass is 385 g/mol. The van der Waals surface area contributed by atoms with E-state index in [9.17, 15) is 9.59 Å². The molecule has 3 rings (SSSR count). The molecule has 0 aromatic heterocycles. The minimum absolute atomic E-state index is 0.0183. The third kappa shape index (κ3) is 3.67. The molecule has 0 saturated carbocycles. The highest BCUT2D eigenvalue weighted by Gasteiger charge is 2.36. The van der Waals surface area contributed by atoms with Crippen LogP contribution in [0.1, 0.15) is 0 Å². The average Bonchev–Trinajstić information content (AvgIpc) is 2.75. The molecule has 1 heterocycles. The van der Waals surface area contributed by atoms with Crippen molar-refractivity contribution in [3.63, 3.8) is 0 Å². The molecule has 6 nitrogen and oxygen atoms in total. The second-order valence-electron chi connectivity index (χ2n) is 5.95. The molecule has 0 bridgehead atoms. The van der Waals surface area contributed by atoms with E-state index in [1.807, 2.05) is 30.3 Å². The average molecular weight is 386 g/mol. The van der Waals surface area contributed by atoms with Crippen molar-refractivity contribution >= 4 is 40.5 Å². The van der Waals surface area contributed by atoms with E-state index in [1.54, 1.807) is 32.4 Å². The Bertz CT molecular complexity index is 883. The van der Waals surface area contributed by atoms with E-state index in [0.29, 0.717) is 35.2 Å². The van der Waals surface area contributed by atoms with Crippen molar-refractivity contribution in [1.29, 1.82) is 0 Å². The van der Waals surface area contributed by atoms with Crippen molar-refractivity contribution in [3.05, 3.63) is 65.3 Å². The Morgan fingerprint density at radius 3 is 2.52 bits per heavy atom. The summed E-state index contributed by atoms with van der Waals surface area (Å²) in [6, 6.07) is 14.4. The second-order valence-corrected chi connectivity index (χ2v) is 6.36. The number of anilines is 3. The Morgan fingerprint density at radius 1 is 1.07 bits per heavy atom. The highest BCUT2D eigenvalue weighted by atomic mass is 35.5. The maximum Gasteiger partial charge on any atom is 0.270 e. The van der Waals surface area contributed by atoms with Crippen molar-refractivity contribution in [2.45, 2.75) is 0 Å². The van der Waals surface area contributed by atoms with Gasteiger partial charge >= 0.3 is 0 Å². The molecule has 7 heteroatoms. The van der Waals surface area contributed by atoms with Crippen LogP contribution in [-0.4, -0.2) is 39.1 Å². The Kier molecular flexibility index (Phi) is 5.78. The van der Waals surface area contributed by atoms with Crippen LogP contribution in [-0.2, 0) is 14.3 Å². The Labute approximate surface area is 163 Å². The standard InChI is InChI=1S/C20H20ClN3O3/c1-23-18-16(21)9-6-10-17(18)24(14-7-4-3-5-8-14)20(26)15(19(23)25)13-22-11-12-27-2/h3-10,13,22H,11-12H2,1-2H3/b15-13+. The maximum atomic E-state index is 13.3. The van der Waals surface area contributed by atoms with Crippen LogP contribution in [0, 0.1) is 0 Å². The van der Waals surface area contributed by atoms with E-state index in [1.165, 1.54) is 16.0 Å². The van der Waals surface area contributed by atoms with E-state index in [-0.39, 0.29) is 5.57 Å². The van der Waals surface area contributed by atoms with Gasteiger partial charge in [-0.1, -0.05) is 35.9 Å². The summed E-state index contributed by atoms with van der Waals surface area (Å²) in [6.45, 7) is 0.930. The summed E-state index contributed by atoms with van der Waals surface area (Å²) in [5, 5.41) is 3.36. The zero-order valence-corrected chi connectivity index (χ0v) is 15.9. The summed E-state index contributed by atoms with van der Waals surface area (Å²) in [5.41, 5.74) is 1.71. The second kappa shape index (κ2) is 8.24. The number of para-hydroxylation sites is 2. The first-order valence-electron chi connectivity index (χ1n) is 8.45. The molecular formula is C20H20ClN3O3. The lowest BCUT2D eigenvalue weighted by Gasteiger charge is -2.24. The number of nitrogens with one attached hydrogen (secondary N) is 1. The lowest BCUT2D eigenvalue weighted by Crippen LogP contribution is -2.33. The number of hydrogen-bond acceptors (Lipinski definition) is 4. The Morgan fingerprint density at radius 2 is 1.81 bits per heavy atom. The molecule has 0 fully saturated rings. The highest BCUT2D eigenvalue weighted by molar-refractivity contribution is 6.38. The van der Waals surface area contributed by atoms with Crippen molar-refractivity contribution in [3.8, 4) is 0 Å². The largest absolute Gasteiger partial charge is 0.388 e. The van der Waals surface area contributed by atoms with E-state index in [4.69, 9.17) is 16.3 Å². The van der Waals surface area contributed by atoms with Crippen LogP contribution in [0.5, 0.6) is 0 Å². The minimum atomic E-state index is -0.433. The predicted octanol–water partition coefficient (Wildman–Crippen LogP) is 3.10. The fraction of sp³-hybridized carbons (Fsp3) is 0.200. The summed E-state index contributed by atoms with van der Waals surface area (Å²) in [7, 11) is 3.19. The van der Waals surface area contributed by atoms with Crippen LogP contribution < -0.4 is 15.1 Å². The van der Waals surface area contributed by atoms with Crippen LogP contribution in [0.25, 0.3) is 0 Å². The van der Waals surface area contributed by atoms with Crippen LogP contribution in [0.2, 0.25) is 5.02 Å². The summed E-state index contributed by atoms with van der Waals surface area (Å²) < 4.78 is 4.99. The van der Waals surface area contributed by atoms with E-state index >= 15 is 0 Å².